The van der Waals surface area contributed by atoms with Crippen molar-refractivity contribution in [1.82, 2.24) is 10.1 Å². The first-order valence-electron chi connectivity index (χ1n) is 4.94. The molecule has 0 amide bonds. The molecule has 16 heavy (non-hydrogen) atoms. The second-order valence-electron chi connectivity index (χ2n) is 3.38. The molecule has 1 N–H and O–H groups in total. The Morgan fingerprint density at radius 1 is 1.38 bits per heavy atom. The number of aliphatic hydroxyl groups is 1. The molecule has 4 nitrogen and oxygen atoms in total. The Balaban J connectivity index is 2.08. The van der Waals surface area contributed by atoms with Gasteiger partial charge in [0, 0.05) is 10.9 Å². The van der Waals surface area contributed by atoms with Crippen LogP contribution in [0.5, 0.6) is 0 Å². The maximum Gasteiger partial charge on any atom is 0.231 e. The quantitative estimate of drug-likeness (QED) is 0.931. The molecular formula is C11H11BrN2O2. The number of halogens is 1. The number of nitrogens with zero attached hydrogens (tertiary/aromatic N) is 2. The van der Waals surface area contributed by atoms with E-state index in [2.05, 4.69) is 26.1 Å². The van der Waals surface area contributed by atoms with Crippen LogP contribution in [-0.2, 0) is 12.8 Å². The molecule has 0 aliphatic rings. The minimum Gasteiger partial charge on any atom is -0.396 e. The van der Waals surface area contributed by atoms with Gasteiger partial charge in [0.25, 0.3) is 0 Å². The van der Waals surface area contributed by atoms with E-state index in [-0.39, 0.29) is 6.61 Å². The summed E-state index contributed by atoms with van der Waals surface area (Å²) in [7, 11) is 0. The van der Waals surface area contributed by atoms with Crippen molar-refractivity contribution >= 4 is 15.9 Å². The van der Waals surface area contributed by atoms with Crippen molar-refractivity contribution in [1.29, 1.82) is 0 Å². The summed E-state index contributed by atoms with van der Waals surface area (Å²) in [6.07, 6.45) is 1.04. The van der Waals surface area contributed by atoms with Crippen molar-refractivity contribution in [2.75, 3.05) is 6.61 Å². The molecule has 5 heteroatoms. The Morgan fingerprint density at radius 2 is 2.25 bits per heavy atom. The van der Waals surface area contributed by atoms with E-state index < -0.39 is 0 Å². The third-order valence-electron chi connectivity index (χ3n) is 2.09. The summed E-state index contributed by atoms with van der Waals surface area (Å²) < 4.78 is 6.10. The molecule has 0 spiro atoms. The van der Waals surface area contributed by atoms with Crippen LogP contribution in [0.1, 0.15) is 17.3 Å². The molecule has 0 radical (unpaired) electrons. The van der Waals surface area contributed by atoms with E-state index in [0.29, 0.717) is 24.6 Å². The second kappa shape index (κ2) is 5.23. The number of rotatable bonds is 4. The van der Waals surface area contributed by atoms with E-state index in [0.717, 1.165) is 10.0 Å². The van der Waals surface area contributed by atoms with Crippen molar-refractivity contribution in [3.05, 3.63) is 46.0 Å². The number of benzene rings is 1. The van der Waals surface area contributed by atoms with Crippen LogP contribution in [0.2, 0.25) is 0 Å². The Labute approximate surface area is 101 Å². The van der Waals surface area contributed by atoms with Gasteiger partial charge in [0.1, 0.15) is 0 Å². The zero-order valence-electron chi connectivity index (χ0n) is 8.56. The summed E-state index contributed by atoms with van der Waals surface area (Å²) in [5.41, 5.74) is 1.11. The van der Waals surface area contributed by atoms with Crippen LogP contribution in [0.25, 0.3) is 0 Å². The van der Waals surface area contributed by atoms with E-state index in [1.807, 2.05) is 24.3 Å². The Morgan fingerprint density at radius 3 is 3.00 bits per heavy atom. The molecule has 2 rings (SSSR count). The van der Waals surface area contributed by atoms with Gasteiger partial charge in [-0.2, -0.15) is 4.98 Å². The van der Waals surface area contributed by atoms with Gasteiger partial charge < -0.3 is 9.63 Å². The van der Waals surface area contributed by atoms with E-state index in [9.17, 15) is 0 Å². The average Bonchev–Trinajstić information content (AvgIpc) is 2.66. The SMILES string of the molecule is OCCc1noc(Cc2cccc(Br)c2)n1. The van der Waals surface area contributed by atoms with Crippen LogP contribution in [-0.4, -0.2) is 21.9 Å². The molecule has 0 saturated heterocycles. The molecule has 0 unspecified atom stereocenters. The minimum absolute atomic E-state index is 0.0376. The first-order valence-corrected chi connectivity index (χ1v) is 5.74. The highest BCUT2D eigenvalue weighted by atomic mass is 79.9. The van der Waals surface area contributed by atoms with E-state index in [1.54, 1.807) is 0 Å². The predicted octanol–water partition coefficient (Wildman–Crippen LogP) is 1.96. The van der Waals surface area contributed by atoms with Gasteiger partial charge in [-0.15, -0.1) is 0 Å². The molecule has 2 aromatic rings. The van der Waals surface area contributed by atoms with Crippen LogP contribution in [0.3, 0.4) is 0 Å². The molecule has 0 fully saturated rings. The Hall–Kier alpha value is -1.20. The maximum absolute atomic E-state index is 8.73. The molecule has 1 heterocycles. The summed E-state index contributed by atoms with van der Waals surface area (Å²) in [5.74, 6) is 1.12. The van der Waals surface area contributed by atoms with Crippen molar-refractivity contribution in [2.24, 2.45) is 0 Å². The summed E-state index contributed by atoms with van der Waals surface area (Å²) in [4.78, 5) is 4.17. The van der Waals surface area contributed by atoms with Crippen LogP contribution >= 0.6 is 15.9 Å². The Bertz CT molecular complexity index is 471. The lowest BCUT2D eigenvalue weighted by Crippen LogP contribution is -1.93. The van der Waals surface area contributed by atoms with Crippen LogP contribution in [0.4, 0.5) is 0 Å². The summed E-state index contributed by atoms with van der Waals surface area (Å²) >= 11 is 3.41. The highest BCUT2D eigenvalue weighted by Crippen LogP contribution is 2.14. The number of hydrogen-bond donors (Lipinski definition) is 1. The molecule has 1 aromatic heterocycles. The van der Waals surface area contributed by atoms with Crippen molar-refractivity contribution in [3.63, 3.8) is 0 Å². The standard InChI is InChI=1S/C11H11BrN2O2/c12-9-3-1-2-8(6-9)7-11-13-10(4-5-15)14-16-11/h1-3,6,15H,4-5,7H2. The fourth-order valence-electron chi connectivity index (χ4n) is 1.39. The smallest absolute Gasteiger partial charge is 0.231 e. The van der Waals surface area contributed by atoms with Crippen LogP contribution < -0.4 is 0 Å². The summed E-state index contributed by atoms with van der Waals surface area (Å²) in [6.45, 7) is 0.0376. The zero-order valence-corrected chi connectivity index (χ0v) is 10.1. The maximum atomic E-state index is 8.73. The lowest BCUT2D eigenvalue weighted by molar-refractivity contribution is 0.293. The van der Waals surface area contributed by atoms with Crippen molar-refractivity contribution in [3.8, 4) is 0 Å². The van der Waals surface area contributed by atoms with Gasteiger partial charge in [-0.3, -0.25) is 0 Å². The first-order chi connectivity index (χ1) is 7.78. The van der Waals surface area contributed by atoms with Gasteiger partial charge in [-0.25, -0.2) is 0 Å². The average molecular weight is 283 g/mol. The molecule has 84 valence electrons. The van der Waals surface area contributed by atoms with Gasteiger partial charge >= 0.3 is 0 Å². The molecule has 1 aromatic carbocycles. The lowest BCUT2D eigenvalue weighted by Gasteiger charge is -1.96. The largest absolute Gasteiger partial charge is 0.396 e. The van der Waals surface area contributed by atoms with E-state index in [1.165, 1.54) is 0 Å². The van der Waals surface area contributed by atoms with Gasteiger partial charge in [-0.1, -0.05) is 33.2 Å². The van der Waals surface area contributed by atoms with E-state index in [4.69, 9.17) is 9.63 Å². The third-order valence-corrected chi connectivity index (χ3v) is 2.58. The van der Waals surface area contributed by atoms with Gasteiger partial charge in [0.15, 0.2) is 5.82 Å². The van der Waals surface area contributed by atoms with Gasteiger partial charge in [-0.05, 0) is 17.7 Å². The highest BCUT2D eigenvalue weighted by molar-refractivity contribution is 9.10. The Kier molecular flexibility index (Phi) is 3.69. The van der Waals surface area contributed by atoms with Crippen molar-refractivity contribution < 1.29 is 9.63 Å². The second-order valence-corrected chi connectivity index (χ2v) is 4.30. The molecule has 0 atom stereocenters. The number of aliphatic hydroxyl groups excluding tert-OH is 1. The monoisotopic (exact) mass is 282 g/mol. The molecule has 0 aliphatic carbocycles. The fraction of sp³-hybridized carbons (Fsp3) is 0.273. The molecular weight excluding hydrogens is 272 g/mol. The van der Waals surface area contributed by atoms with Crippen LogP contribution in [0.15, 0.2) is 33.3 Å². The fourth-order valence-corrected chi connectivity index (χ4v) is 1.83. The summed E-state index contributed by atoms with van der Waals surface area (Å²) in [5, 5.41) is 12.5. The molecule has 0 bridgehead atoms. The predicted molar refractivity (Wildman–Crippen MR) is 62.0 cm³/mol. The van der Waals surface area contributed by atoms with E-state index >= 15 is 0 Å². The van der Waals surface area contributed by atoms with Crippen LogP contribution in [0, 0.1) is 0 Å². The van der Waals surface area contributed by atoms with Gasteiger partial charge in [0.05, 0.1) is 13.0 Å². The highest BCUT2D eigenvalue weighted by Gasteiger charge is 2.06. The number of hydrogen-bond acceptors (Lipinski definition) is 4. The minimum atomic E-state index is 0.0376. The number of aromatic nitrogens is 2. The van der Waals surface area contributed by atoms with Gasteiger partial charge in [0.2, 0.25) is 5.89 Å². The normalized spacial score (nSPS) is 10.6. The lowest BCUT2D eigenvalue weighted by atomic mass is 10.1. The molecule has 0 saturated carbocycles. The van der Waals surface area contributed by atoms with Crippen molar-refractivity contribution in [2.45, 2.75) is 12.8 Å². The first kappa shape index (κ1) is 11.3. The topological polar surface area (TPSA) is 59.2 Å². The third kappa shape index (κ3) is 2.90. The molecule has 0 aliphatic heterocycles. The summed E-state index contributed by atoms with van der Waals surface area (Å²) in [6, 6.07) is 7.94. The zero-order chi connectivity index (χ0) is 11.4.